The van der Waals surface area contributed by atoms with E-state index < -0.39 is 0 Å². The van der Waals surface area contributed by atoms with Crippen molar-refractivity contribution in [3.8, 4) is 56.0 Å². The van der Waals surface area contributed by atoms with E-state index in [1.165, 1.54) is 90.0 Å². The molecule has 0 radical (unpaired) electrons. The number of benzene rings is 8. The molecular formula is C60H49FN2O. The number of aromatic nitrogens is 1. The Bertz CT molecular complexity index is 3380. The largest absolute Gasteiger partial charge is 0.436 e. The number of halogens is 1. The van der Waals surface area contributed by atoms with Crippen LogP contribution in [0.5, 0.6) is 0 Å². The summed E-state index contributed by atoms with van der Waals surface area (Å²) >= 11 is 0. The molecule has 0 spiro atoms. The predicted molar refractivity (Wildman–Crippen MR) is 262 cm³/mol. The van der Waals surface area contributed by atoms with E-state index >= 15 is 0 Å². The molecule has 0 aliphatic heterocycles. The van der Waals surface area contributed by atoms with Gasteiger partial charge in [0.05, 0.1) is 0 Å². The third-order valence-electron chi connectivity index (χ3n) is 14.9. The number of hydrogen-bond donors (Lipinski definition) is 0. The fraction of sp³-hybridized carbons (Fsp3) is 0.183. The molecule has 0 fully saturated rings. The van der Waals surface area contributed by atoms with Gasteiger partial charge in [0, 0.05) is 38.9 Å². The van der Waals surface area contributed by atoms with Crippen LogP contribution in [0.15, 0.2) is 156 Å². The molecule has 9 aromatic rings. The average molecular weight is 833 g/mol. The maximum Gasteiger partial charge on any atom is 0.227 e. The quantitative estimate of drug-likeness (QED) is 0.173. The van der Waals surface area contributed by atoms with E-state index in [1.807, 2.05) is 18.2 Å². The van der Waals surface area contributed by atoms with Crippen molar-refractivity contribution in [2.75, 3.05) is 4.90 Å². The lowest BCUT2D eigenvalue weighted by atomic mass is 9.78. The van der Waals surface area contributed by atoms with Crippen LogP contribution in [0.2, 0.25) is 0 Å². The summed E-state index contributed by atoms with van der Waals surface area (Å²) in [5.41, 5.74) is 25.8. The second-order valence-electron chi connectivity index (χ2n) is 20.0. The van der Waals surface area contributed by atoms with Crippen LogP contribution < -0.4 is 4.90 Å². The van der Waals surface area contributed by atoms with Crippen LogP contribution in [-0.4, -0.2) is 4.98 Å². The van der Waals surface area contributed by atoms with Crippen LogP contribution in [0, 0.1) is 19.7 Å². The summed E-state index contributed by atoms with van der Waals surface area (Å²) < 4.78 is 20.0. The van der Waals surface area contributed by atoms with Crippen LogP contribution in [0.1, 0.15) is 86.1 Å². The molecule has 0 amide bonds. The molecule has 3 aliphatic carbocycles. The summed E-state index contributed by atoms with van der Waals surface area (Å²) in [5, 5.41) is 0. The Kier molecular flexibility index (Phi) is 7.99. The van der Waals surface area contributed by atoms with Crippen molar-refractivity contribution in [2.45, 2.75) is 71.6 Å². The minimum atomic E-state index is -0.248. The standard InChI is InChI=1S/C60H49FN2O/c1-34-9-19-40(20-10-34)63(41-21-11-35(2)12-22-41)42-23-25-44-46-31-54-48(33-52(46)59(5,6)50(44)29-42)47-32-51-45(30-53(47)60(54,7)8)43-24-15-38(27-49(43)58(51,3)4)57-62-55-28-37(16-26-56(55)64-57)36-13-17-39(61)18-14-36/h9-33H,1-8H3. The zero-order valence-electron chi connectivity index (χ0n) is 37.6. The van der Waals surface area contributed by atoms with Gasteiger partial charge in [0.1, 0.15) is 11.3 Å². The van der Waals surface area contributed by atoms with Gasteiger partial charge in [0.25, 0.3) is 0 Å². The Balaban J connectivity index is 0.913. The van der Waals surface area contributed by atoms with Gasteiger partial charge in [0.15, 0.2) is 5.58 Å². The van der Waals surface area contributed by atoms with Crippen molar-refractivity contribution in [1.82, 2.24) is 4.98 Å². The molecule has 8 aromatic carbocycles. The summed E-state index contributed by atoms with van der Waals surface area (Å²) in [7, 11) is 0. The first-order chi connectivity index (χ1) is 30.7. The number of oxazole rings is 1. The Morgan fingerprint density at radius 1 is 0.406 bits per heavy atom. The second kappa shape index (κ2) is 13.2. The first-order valence-corrected chi connectivity index (χ1v) is 22.5. The smallest absolute Gasteiger partial charge is 0.227 e. The summed E-state index contributed by atoms with van der Waals surface area (Å²) in [6.45, 7) is 18.6. The monoisotopic (exact) mass is 832 g/mol. The Morgan fingerprint density at radius 2 is 0.828 bits per heavy atom. The molecular weight excluding hydrogens is 784 g/mol. The highest BCUT2D eigenvalue weighted by atomic mass is 19.1. The summed E-state index contributed by atoms with van der Waals surface area (Å²) in [4.78, 5) is 7.35. The molecule has 4 heteroatoms. The molecule has 12 rings (SSSR count). The number of rotatable bonds is 5. The zero-order chi connectivity index (χ0) is 44.0. The van der Waals surface area contributed by atoms with Crippen LogP contribution in [0.4, 0.5) is 21.5 Å². The number of nitrogens with zero attached hydrogens (tertiary/aromatic N) is 2. The molecule has 64 heavy (non-hydrogen) atoms. The van der Waals surface area contributed by atoms with Gasteiger partial charge in [-0.25, -0.2) is 9.37 Å². The number of aryl methyl sites for hydroxylation is 2. The summed E-state index contributed by atoms with van der Waals surface area (Å²) in [6, 6.07) is 54.1. The van der Waals surface area contributed by atoms with Crippen molar-refractivity contribution in [2.24, 2.45) is 0 Å². The molecule has 0 unspecified atom stereocenters. The molecule has 3 nitrogen and oxygen atoms in total. The fourth-order valence-corrected chi connectivity index (χ4v) is 11.2. The number of hydrogen-bond acceptors (Lipinski definition) is 3. The van der Waals surface area contributed by atoms with Crippen LogP contribution in [0.25, 0.3) is 67.1 Å². The molecule has 0 saturated carbocycles. The van der Waals surface area contributed by atoms with E-state index in [1.54, 1.807) is 12.1 Å². The average Bonchev–Trinajstić information content (AvgIpc) is 3.95. The molecule has 0 atom stereocenters. The molecule has 3 aliphatic rings. The fourth-order valence-electron chi connectivity index (χ4n) is 11.2. The van der Waals surface area contributed by atoms with E-state index in [-0.39, 0.29) is 22.1 Å². The Labute approximate surface area is 374 Å². The highest BCUT2D eigenvalue weighted by Crippen LogP contribution is 2.60. The van der Waals surface area contributed by atoms with Crippen molar-refractivity contribution in [3.63, 3.8) is 0 Å². The second-order valence-corrected chi connectivity index (χ2v) is 20.0. The maximum absolute atomic E-state index is 13.6. The highest BCUT2D eigenvalue weighted by molar-refractivity contribution is 5.94. The van der Waals surface area contributed by atoms with Gasteiger partial charge in [0.2, 0.25) is 5.89 Å². The summed E-state index contributed by atoms with van der Waals surface area (Å²) in [6.07, 6.45) is 0. The lowest BCUT2D eigenvalue weighted by molar-refractivity contribution is 0.618. The zero-order valence-corrected chi connectivity index (χ0v) is 37.6. The van der Waals surface area contributed by atoms with E-state index in [4.69, 9.17) is 9.40 Å². The van der Waals surface area contributed by atoms with Gasteiger partial charge >= 0.3 is 0 Å². The first kappa shape index (κ1) is 38.6. The van der Waals surface area contributed by atoms with Crippen LogP contribution in [0.3, 0.4) is 0 Å². The third-order valence-corrected chi connectivity index (χ3v) is 14.9. The predicted octanol–water partition coefficient (Wildman–Crippen LogP) is 16.3. The molecule has 0 saturated heterocycles. The minimum Gasteiger partial charge on any atom is -0.436 e. The SMILES string of the molecule is Cc1ccc(N(c2ccc(C)cc2)c2ccc3c(c2)C(C)(C)c2cc4c(cc2-3)C(C)(C)c2cc3c(cc2-4)C(C)(C)c2cc(-c4nc5cc(-c6ccc(F)cc6)ccc5o4)ccc2-3)cc1. The van der Waals surface area contributed by atoms with Crippen molar-refractivity contribution in [1.29, 1.82) is 0 Å². The maximum atomic E-state index is 13.6. The van der Waals surface area contributed by atoms with Gasteiger partial charge in [-0.1, -0.05) is 107 Å². The molecule has 1 aromatic heterocycles. The van der Waals surface area contributed by atoms with Gasteiger partial charge in [-0.15, -0.1) is 0 Å². The van der Waals surface area contributed by atoms with Crippen LogP contribution >= 0.6 is 0 Å². The lowest BCUT2D eigenvalue weighted by Gasteiger charge is -2.28. The molecule has 0 N–H and O–H groups in total. The van der Waals surface area contributed by atoms with E-state index in [0.717, 1.165) is 44.9 Å². The van der Waals surface area contributed by atoms with Crippen LogP contribution in [-0.2, 0) is 16.2 Å². The minimum absolute atomic E-state index is 0.187. The lowest BCUT2D eigenvalue weighted by Crippen LogP contribution is -2.18. The molecule has 1 heterocycles. The van der Waals surface area contributed by atoms with E-state index in [9.17, 15) is 4.39 Å². The molecule has 312 valence electrons. The normalized spacial score (nSPS) is 15.3. The van der Waals surface area contributed by atoms with Gasteiger partial charge in [-0.3, -0.25) is 0 Å². The first-order valence-electron chi connectivity index (χ1n) is 22.5. The van der Waals surface area contributed by atoms with Crippen molar-refractivity contribution in [3.05, 3.63) is 202 Å². The van der Waals surface area contributed by atoms with Gasteiger partial charge in [-0.05, 0) is 189 Å². The molecule has 0 bridgehead atoms. The van der Waals surface area contributed by atoms with Gasteiger partial charge in [-0.2, -0.15) is 0 Å². The van der Waals surface area contributed by atoms with Gasteiger partial charge < -0.3 is 9.32 Å². The number of fused-ring (bicyclic) bond motifs is 10. The van der Waals surface area contributed by atoms with E-state index in [0.29, 0.717) is 5.89 Å². The topological polar surface area (TPSA) is 29.3 Å². The Morgan fingerprint density at radius 3 is 1.36 bits per heavy atom. The Hall–Kier alpha value is -7.04. The summed E-state index contributed by atoms with van der Waals surface area (Å²) in [5.74, 6) is 0.350. The van der Waals surface area contributed by atoms with E-state index in [2.05, 4.69) is 169 Å². The highest BCUT2D eigenvalue weighted by Gasteiger charge is 2.45. The number of anilines is 3. The third kappa shape index (κ3) is 5.54. The van der Waals surface area contributed by atoms with Crippen molar-refractivity contribution >= 4 is 28.2 Å². The van der Waals surface area contributed by atoms with Crippen molar-refractivity contribution < 1.29 is 8.81 Å².